The highest BCUT2D eigenvalue weighted by Gasteiger charge is 2.15. The van der Waals surface area contributed by atoms with Crippen LogP contribution in [0.4, 0.5) is 10.1 Å². The first-order chi connectivity index (χ1) is 12.3. The molecule has 0 aliphatic carbocycles. The number of halogens is 3. The van der Waals surface area contributed by atoms with Gasteiger partial charge in [-0.1, -0.05) is 34.8 Å². The molecule has 2 rings (SSSR count). The third-order valence-corrected chi connectivity index (χ3v) is 4.49. The second-order valence-electron chi connectivity index (χ2n) is 4.46. The lowest BCUT2D eigenvalue weighted by Crippen LogP contribution is -2.23. The Morgan fingerprint density at radius 3 is 2.54 bits per heavy atom. The minimum absolute atomic E-state index is 0.0107. The number of benzene rings is 1. The molecule has 0 bridgehead atoms. The number of esters is 1. The van der Waals surface area contributed by atoms with Crippen LogP contribution in [0.25, 0.3) is 0 Å². The van der Waals surface area contributed by atoms with Crippen molar-refractivity contribution in [2.24, 2.45) is 0 Å². The van der Waals surface area contributed by atoms with Gasteiger partial charge in [0.25, 0.3) is 5.91 Å². The van der Waals surface area contributed by atoms with Gasteiger partial charge in [0.05, 0.1) is 20.0 Å². The first kappa shape index (κ1) is 20.2. The second kappa shape index (κ2) is 8.99. The zero-order chi connectivity index (χ0) is 19.3. The van der Waals surface area contributed by atoms with Gasteiger partial charge in [-0.05, 0) is 17.4 Å². The summed E-state index contributed by atoms with van der Waals surface area (Å²) in [6.45, 7) is -1.14. The summed E-state index contributed by atoms with van der Waals surface area (Å²) in [5.74, 6) is -1.43. The molecule has 0 saturated carbocycles. The Bertz CT molecular complexity index is 860. The molecule has 0 aliphatic rings. The fourth-order valence-corrected chi connectivity index (χ4v) is 2.74. The van der Waals surface area contributed by atoms with E-state index in [0.29, 0.717) is 11.3 Å². The van der Waals surface area contributed by atoms with Crippen LogP contribution in [-0.2, 0) is 14.3 Å². The van der Waals surface area contributed by atoms with Gasteiger partial charge < -0.3 is 9.47 Å². The normalized spacial score (nSPS) is 10.3. The first-order valence-corrected chi connectivity index (χ1v) is 8.54. The molecule has 1 aromatic heterocycles. The molecule has 1 N–H and O–H groups in total. The van der Waals surface area contributed by atoms with Crippen LogP contribution in [-0.4, -0.2) is 35.0 Å². The molecule has 0 unspecified atom stereocenters. The quantitative estimate of drug-likeness (QED) is 0.302. The Labute approximate surface area is 164 Å². The Morgan fingerprint density at radius 1 is 1.19 bits per heavy atom. The van der Waals surface area contributed by atoms with Crippen LogP contribution in [0.1, 0.15) is 0 Å². The van der Waals surface area contributed by atoms with Crippen molar-refractivity contribution >= 4 is 68.1 Å². The van der Waals surface area contributed by atoms with Crippen molar-refractivity contribution in [2.45, 2.75) is 0 Å². The van der Waals surface area contributed by atoms with Crippen molar-refractivity contribution in [1.82, 2.24) is 4.98 Å². The number of nitro groups is 1. The van der Waals surface area contributed by atoms with Gasteiger partial charge in [-0.25, -0.2) is 9.78 Å². The molecule has 0 radical (unpaired) electrons. The maximum atomic E-state index is 11.6. The third kappa shape index (κ3) is 5.70. The lowest BCUT2D eigenvalue weighted by molar-refractivity contribution is -0.380. The predicted molar refractivity (Wildman–Crippen MR) is 95.3 cm³/mol. The number of nitrogens with one attached hydrogen (secondary N) is 1. The monoisotopic (exact) mass is 439 g/mol. The number of nitrogens with zero attached hydrogens (tertiary/aromatic N) is 2. The maximum absolute atomic E-state index is 11.6. The average molecular weight is 441 g/mol. The summed E-state index contributed by atoms with van der Waals surface area (Å²) in [5.41, 5.74) is 0. The number of carbonyl (C=O) groups is 2. The number of aromatic nitrogens is 1. The smallest absolute Gasteiger partial charge is 0.345 e. The van der Waals surface area contributed by atoms with E-state index in [0.717, 1.165) is 6.20 Å². The number of hydrogen-bond donors (Lipinski definition) is 1. The van der Waals surface area contributed by atoms with Crippen LogP contribution in [0, 0.1) is 10.1 Å². The van der Waals surface area contributed by atoms with Crippen LogP contribution < -0.4 is 10.1 Å². The number of rotatable bonds is 7. The van der Waals surface area contributed by atoms with Crippen LogP contribution >= 0.6 is 46.1 Å². The van der Waals surface area contributed by atoms with E-state index in [9.17, 15) is 19.7 Å². The van der Waals surface area contributed by atoms with E-state index >= 15 is 0 Å². The summed E-state index contributed by atoms with van der Waals surface area (Å²) in [6.07, 6.45) is 1.00. The molecule has 9 nitrogen and oxygen atoms in total. The summed E-state index contributed by atoms with van der Waals surface area (Å²) in [4.78, 5) is 36.7. The molecule has 0 aliphatic heterocycles. The van der Waals surface area contributed by atoms with Gasteiger partial charge in [0.15, 0.2) is 18.3 Å². The van der Waals surface area contributed by atoms with E-state index in [4.69, 9.17) is 44.3 Å². The molecule has 0 fully saturated rings. The van der Waals surface area contributed by atoms with Gasteiger partial charge >= 0.3 is 11.0 Å². The fourth-order valence-electron chi connectivity index (χ4n) is 1.50. The van der Waals surface area contributed by atoms with E-state index in [2.05, 4.69) is 10.3 Å². The SMILES string of the molecule is O=C(COC(=O)COc1cc(Cl)c(Cl)cc1Cl)Nc1ncc([N+](=O)[O-])s1. The summed E-state index contributed by atoms with van der Waals surface area (Å²) in [5, 5.41) is 13.1. The van der Waals surface area contributed by atoms with Crippen molar-refractivity contribution in [2.75, 3.05) is 18.5 Å². The minimum atomic E-state index is -0.840. The molecule has 138 valence electrons. The number of ether oxygens (including phenoxy) is 2. The number of carbonyl (C=O) groups excluding carboxylic acids is 2. The van der Waals surface area contributed by atoms with Crippen molar-refractivity contribution in [3.63, 3.8) is 0 Å². The Morgan fingerprint density at radius 2 is 1.88 bits per heavy atom. The predicted octanol–water partition coefficient (Wildman–Crippen LogP) is 3.57. The number of thiazole rings is 1. The van der Waals surface area contributed by atoms with E-state index in [1.54, 1.807) is 0 Å². The summed E-state index contributed by atoms with van der Waals surface area (Å²) in [7, 11) is 0. The highest BCUT2D eigenvalue weighted by atomic mass is 35.5. The Kier molecular flexibility index (Phi) is 6.98. The van der Waals surface area contributed by atoms with Crippen molar-refractivity contribution < 1.29 is 24.0 Å². The summed E-state index contributed by atoms with van der Waals surface area (Å²) >= 11 is 18.1. The van der Waals surface area contributed by atoms with Gasteiger partial charge in [-0.15, -0.1) is 0 Å². The summed E-state index contributed by atoms with van der Waals surface area (Å²) < 4.78 is 9.86. The zero-order valence-electron chi connectivity index (χ0n) is 12.5. The molecule has 0 saturated heterocycles. The minimum Gasteiger partial charge on any atom is -0.480 e. The van der Waals surface area contributed by atoms with Gasteiger partial charge in [0.2, 0.25) is 0 Å². The zero-order valence-corrected chi connectivity index (χ0v) is 15.6. The molecule has 13 heteroatoms. The average Bonchev–Trinajstić information content (AvgIpc) is 3.04. The van der Waals surface area contributed by atoms with Crippen LogP contribution in [0.3, 0.4) is 0 Å². The molecule has 1 aromatic carbocycles. The molecule has 1 amide bonds. The van der Waals surface area contributed by atoms with Crippen molar-refractivity contribution in [1.29, 1.82) is 0 Å². The first-order valence-electron chi connectivity index (χ1n) is 6.59. The van der Waals surface area contributed by atoms with E-state index in [-0.39, 0.29) is 31.0 Å². The number of amides is 1. The lowest BCUT2D eigenvalue weighted by atomic mass is 10.3. The highest BCUT2D eigenvalue weighted by Crippen LogP contribution is 2.33. The van der Waals surface area contributed by atoms with E-state index < -0.39 is 30.0 Å². The molecule has 26 heavy (non-hydrogen) atoms. The Balaban J connectivity index is 1.78. The van der Waals surface area contributed by atoms with Gasteiger partial charge in [-0.2, -0.15) is 0 Å². The molecule has 0 atom stereocenters. The molecule has 0 spiro atoms. The number of anilines is 1. The molecule has 2 aromatic rings. The van der Waals surface area contributed by atoms with Crippen LogP contribution in [0.5, 0.6) is 5.75 Å². The second-order valence-corrected chi connectivity index (χ2v) is 6.69. The number of hydrogen-bond acceptors (Lipinski definition) is 8. The standard InChI is InChI=1S/C13H8Cl3N3O6S/c14-6-1-8(16)9(2-7(6)15)24-5-12(21)25-4-10(20)18-13-17-3-11(26-13)19(22)23/h1-3H,4-5H2,(H,17,18,20). The van der Waals surface area contributed by atoms with Crippen molar-refractivity contribution in [3.8, 4) is 5.75 Å². The highest BCUT2D eigenvalue weighted by molar-refractivity contribution is 7.18. The molecular weight excluding hydrogens is 433 g/mol. The third-order valence-electron chi connectivity index (χ3n) is 2.60. The van der Waals surface area contributed by atoms with Crippen molar-refractivity contribution in [3.05, 3.63) is 43.5 Å². The summed E-state index contributed by atoms with van der Waals surface area (Å²) in [6, 6.07) is 2.69. The van der Waals surface area contributed by atoms with E-state index in [1.807, 2.05) is 0 Å². The van der Waals surface area contributed by atoms with Crippen LogP contribution in [0.2, 0.25) is 15.1 Å². The molecular formula is C13H8Cl3N3O6S. The molecule has 1 heterocycles. The largest absolute Gasteiger partial charge is 0.480 e. The fraction of sp³-hybridized carbons (Fsp3) is 0.154. The topological polar surface area (TPSA) is 121 Å². The maximum Gasteiger partial charge on any atom is 0.345 e. The van der Waals surface area contributed by atoms with Gasteiger partial charge in [0.1, 0.15) is 11.9 Å². The van der Waals surface area contributed by atoms with E-state index in [1.165, 1.54) is 12.1 Å². The Hall–Kier alpha value is -2.14. The van der Waals surface area contributed by atoms with Gasteiger partial charge in [0, 0.05) is 6.07 Å². The van der Waals surface area contributed by atoms with Gasteiger partial charge in [-0.3, -0.25) is 20.2 Å². The lowest BCUT2D eigenvalue weighted by Gasteiger charge is -2.09. The van der Waals surface area contributed by atoms with Crippen LogP contribution in [0.15, 0.2) is 18.3 Å².